The molecule has 112 valence electrons. The van der Waals surface area contributed by atoms with Gasteiger partial charge in [-0.2, -0.15) is 5.10 Å². The van der Waals surface area contributed by atoms with Gasteiger partial charge in [-0.05, 0) is 50.6 Å². The molecule has 0 saturated heterocycles. The van der Waals surface area contributed by atoms with Crippen molar-refractivity contribution in [3.8, 4) is 0 Å². The van der Waals surface area contributed by atoms with Gasteiger partial charge in [0.25, 0.3) is 0 Å². The van der Waals surface area contributed by atoms with Gasteiger partial charge in [0.1, 0.15) is 0 Å². The second-order valence-electron chi connectivity index (χ2n) is 6.49. The highest BCUT2D eigenvalue weighted by molar-refractivity contribution is 6.20. The van der Waals surface area contributed by atoms with E-state index in [1.165, 1.54) is 57.1 Å². The van der Waals surface area contributed by atoms with E-state index >= 15 is 0 Å². The van der Waals surface area contributed by atoms with Gasteiger partial charge in [-0.25, -0.2) is 0 Å². The van der Waals surface area contributed by atoms with Crippen molar-refractivity contribution in [1.82, 2.24) is 15.1 Å². The molecule has 4 heteroatoms. The van der Waals surface area contributed by atoms with Crippen LogP contribution in [0.15, 0.2) is 12.3 Å². The zero-order chi connectivity index (χ0) is 13.8. The van der Waals surface area contributed by atoms with Crippen LogP contribution in [0.2, 0.25) is 0 Å². The molecule has 0 spiro atoms. The summed E-state index contributed by atoms with van der Waals surface area (Å²) < 4.78 is 2.18. The first-order valence-electron chi connectivity index (χ1n) is 8.20. The molecule has 0 radical (unpaired) electrons. The summed E-state index contributed by atoms with van der Waals surface area (Å²) in [5.41, 5.74) is 1.18. The highest BCUT2D eigenvalue weighted by Crippen LogP contribution is 2.29. The van der Waals surface area contributed by atoms with Crippen LogP contribution in [-0.4, -0.2) is 21.7 Å². The maximum atomic E-state index is 6.24. The summed E-state index contributed by atoms with van der Waals surface area (Å²) in [5.74, 6) is 0.753. The third kappa shape index (κ3) is 3.76. The number of nitrogens with one attached hydrogen (secondary N) is 1. The van der Waals surface area contributed by atoms with Crippen molar-refractivity contribution in [2.45, 2.75) is 69.3 Å². The molecule has 1 aromatic heterocycles. The number of hydrogen-bond donors (Lipinski definition) is 1. The summed E-state index contributed by atoms with van der Waals surface area (Å²) in [6.45, 7) is 1.97. The first-order chi connectivity index (χ1) is 9.81. The first kappa shape index (κ1) is 14.4. The summed E-state index contributed by atoms with van der Waals surface area (Å²) >= 11 is 6.24. The summed E-state index contributed by atoms with van der Waals surface area (Å²) in [5, 5.41) is 8.68. The highest BCUT2D eigenvalue weighted by Gasteiger charge is 2.20. The number of nitrogens with zero attached hydrogens (tertiary/aromatic N) is 2. The van der Waals surface area contributed by atoms with Crippen molar-refractivity contribution in [3.05, 3.63) is 18.0 Å². The molecule has 2 saturated carbocycles. The number of alkyl halides is 1. The van der Waals surface area contributed by atoms with Crippen molar-refractivity contribution in [3.63, 3.8) is 0 Å². The van der Waals surface area contributed by atoms with Gasteiger partial charge >= 0.3 is 0 Å². The van der Waals surface area contributed by atoms with Gasteiger partial charge in [0.2, 0.25) is 0 Å². The van der Waals surface area contributed by atoms with Crippen LogP contribution < -0.4 is 5.32 Å². The zero-order valence-corrected chi connectivity index (χ0v) is 13.0. The minimum Gasteiger partial charge on any atom is -0.311 e. The summed E-state index contributed by atoms with van der Waals surface area (Å²) in [4.78, 5) is 0. The lowest BCUT2D eigenvalue weighted by Crippen LogP contribution is -2.27. The Balaban J connectivity index is 1.42. The zero-order valence-electron chi connectivity index (χ0n) is 12.2. The predicted molar refractivity (Wildman–Crippen MR) is 83.0 cm³/mol. The van der Waals surface area contributed by atoms with Crippen LogP contribution in [0.25, 0.3) is 0 Å². The number of hydrogen-bond acceptors (Lipinski definition) is 2. The van der Waals surface area contributed by atoms with E-state index in [9.17, 15) is 0 Å². The normalized spacial score (nSPS) is 28.1. The van der Waals surface area contributed by atoms with Crippen LogP contribution in [0, 0.1) is 5.92 Å². The monoisotopic (exact) mass is 295 g/mol. The van der Waals surface area contributed by atoms with Crippen molar-refractivity contribution < 1.29 is 0 Å². The predicted octanol–water partition coefficient (Wildman–Crippen LogP) is 3.89. The minimum atomic E-state index is 0.400. The third-order valence-corrected chi connectivity index (χ3v) is 5.22. The molecule has 2 aliphatic carbocycles. The van der Waals surface area contributed by atoms with Crippen LogP contribution in [0.1, 0.15) is 63.1 Å². The van der Waals surface area contributed by atoms with Crippen LogP contribution in [-0.2, 0) is 6.54 Å². The maximum absolute atomic E-state index is 6.24. The van der Waals surface area contributed by atoms with Crippen molar-refractivity contribution in [2.24, 2.45) is 5.92 Å². The van der Waals surface area contributed by atoms with Gasteiger partial charge in [-0.1, -0.05) is 19.3 Å². The smallest absolute Gasteiger partial charge is 0.0762 e. The molecular formula is C16H26ClN3. The fourth-order valence-corrected chi connectivity index (χ4v) is 4.07. The molecule has 2 aliphatic rings. The molecule has 2 atom stereocenters. The van der Waals surface area contributed by atoms with Gasteiger partial charge in [0.05, 0.1) is 11.7 Å². The average molecular weight is 296 g/mol. The largest absolute Gasteiger partial charge is 0.311 e. The Hall–Kier alpha value is -0.540. The van der Waals surface area contributed by atoms with E-state index in [1.54, 1.807) is 0 Å². The first-order valence-corrected chi connectivity index (χ1v) is 8.64. The van der Waals surface area contributed by atoms with Crippen LogP contribution in [0.3, 0.4) is 0 Å². The molecule has 20 heavy (non-hydrogen) atoms. The van der Waals surface area contributed by atoms with E-state index in [0.717, 1.165) is 19.0 Å². The Morgan fingerprint density at radius 1 is 1.20 bits per heavy atom. The van der Waals surface area contributed by atoms with E-state index in [1.807, 2.05) is 0 Å². The van der Waals surface area contributed by atoms with Gasteiger partial charge < -0.3 is 5.32 Å². The lowest BCUT2D eigenvalue weighted by Gasteiger charge is -2.25. The van der Waals surface area contributed by atoms with Crippen molar-refractivity contribution in [2.75, 3.05) is 6.54 Å². The summed E-state index contributed by atoms with van der Waals surface area (Å²) in [7, 11) is 0. The number of aromatic nitrogens is 2. The lowest BCUT2D eigenvalue weighted by molar-refractivity contribution is 0.345. The highest BCUT2D eigenvalue weighted by atomic mass is 35.5. The SMILES string of the molecule is ClC1CCCC(CNCc2ccn(C3CCCC3)n2)C1. The molecule has 1 aromatic rings. The molecule has 0 aromatic carbocycles. The van der Waals surface area contributed by atoms with E-state index < -0.39 is 0 Å². The van der Waals surface area contributed by atoms with Crippen molar-refractivity contribution >= 4 is 11.6 Å². The Labute approximate surface area is 127 Å². The molecule has 2 unspecified atom stereocenters. The second kappa shape index (κ2) is 6.95. The molecule has 1 N–H and O–H groups in total. The molecule has 2 fully saturated rings. The fraction of sp³-hybridized carbons (Fsp3) is 0.812. The minimum absolute atomic E-state index is 0.400. The third-order valence-electron chi connectivity index (χ3n) is 4.82. The quantitative estimate of drug-likeness (QED) is 0.835. The second-order valence-corrected chi connectivity index (χ2v) is 7.10. The summed E-state index contributed by atoms with van der Waals surface area (Å²) in [6.07, 6.45) is 12.5. The topological polar surface area (TPSA) is 29.9 Å². The Kier molecular flexibility index (Phi) is 5.00. The molecule has 0 amide bonds. The Bertz CT molecular complexity index is 412. The number of rotatable bonds is 5. The molecule has 3 rings (SSSR count). The molecule has 0 bridgehead atoms. The van der Waals surface area contributed by atoms with Crippen LogP contribution in [0.4, 0.5) is 0 Å². The molecule has 1 heterocycles. The van der Waals surface area contributed by atoms with E-state index in [-0.39, 0.29) is 0 Å². The van der Waals surface area contributed by atoms with Gasteiger partial charge in [-0.15, -0.1) is 11.6 Å². The van der Waals surface area contributed by atoms with E-state index in [4.69, 9.17) is 16.7 Å². The summed E-state index contributed by atoms with van der Waals surface area (Å²) in [6, 6.07) is 2.82. The maximum Gasteiger partial charge on any atom is 0.0762 e. The molecule has 3 nitrogen and oxygen atoms in total. The van der Waals surface area contributed by atoms with Gasteiger partial charge in [0.15, 0.2) is 0 Å². The molecule has 0 aliphatic heterocycles. The molecular weight excluding hydrogens is 270 g/mol. The fourth-order valence-electron chi connectivity index (χ4n) is 3.66. The van der Waals surface area contributed by atoms with Crippen LogP contribution in [0.5, 0.6) is 0 Å². The van der Waals surface area contributed by atoms with E-state index in [0.29, 0.717) is 11.4 Å². The number of halogens is 1. The van der Waals surface area contributed by atoms with Crippen LogP contribution >= 0.6 is 11.6 Å². The Morgan fingerprint density at radius 2 is 2.05 bits per heavy atom. The standard InChI is InChI=1S/C16H26ClN3/c17-14-5-3-4-13(10-14)11-18-12-15-8-9-20(19-15)16-6-1-2-7-16/h8-9,13-14,16,18H,1-7,10-12H2. The van der Waals surface area contributed by atoms with E-state index in [2.05, 4.69) is 22.3 Å². The van der Waals surface area contributed by atoms with Gasteiger partial charge in [0, 0.05) is 18.1 Å². The average Bonchev–Trinajstić information content (AvgIpc) is 3.09. The Morgan fingerprint density at radius 3 is 2.85 bits per heavy atom. The van der Waals surface area contributed by atoms with Gasteiger partial charge in [-0.3, -0.25) is 4.68 Å². The van der Waals surface area contributed by atoms with Crippen molar-refractivity contribution in [1.29, 1.82) is 0 Å². The lowest BCUT2D eigenvalue weighted by atomic mass is 9.89.